The average molecular weight is 409 g/mol. The topological polar surface area (TPSA) is 58.6 Å². The molecule has 0 saturated carbocycles. The van der Waals surface area contributed by atoms with Crippen LogP contribution in [-0.4, -0.2) is 31.0 Å². The highest BCUT2D eigenvalue weighted by molar-refractivity contribution is 9.10. The molecule has 7 heteroatoms. The van der Waals surface area contributed by atoms with Gasteiger partial charge in [0.2, 0.25) is 5.91 Å². The summed E-state index contributed by atoms with van der Waals surface area (Å²) in [5, 5.41) is 7.04. The van der Waals surface area contributed by atoms with E-state index < -0.39 is 0 Å². The van der Waals surface area contributed by atoms with E-state index in [0.29, 0.717) is 11.4 Å². The summed E-state index contributed by atoms with van der Waals surface area (Å²) in [6, 6.07) is 7.45. The van der Waals surface area contributed by atoms with Crippen molar-refractivity contribution in [2.24, 2.45) is 0 Å². The minimum absolute atomic E-state index is 0.00707. The number of thiophene rings is 1. The Morgan fingerprint density at radius 1 is 1.46 bits per heavy atom. The van der Waals surface area contributed by atoms with Crippen LogP contribution in [0.25, 0.3) is 0 Å². The normalized spacial score (nSPS) is 14.8. The predicted molar refractivity (Wildman–Crippen MR) is 97.6 cm³/mol. The molecular formula is C17H17BrN2O3S. The quantitative estimate of drug-likeness (QED) is 0.826. The number of benzene rings is 1. The second-order valence-electron chi connectivity index (χ2n) is 5.68. The van der Waals surface area contributed by atoms with E-state index in [0.717, 1.165) is 10.9 Å². The molecular weight excluding hydrogens is 392 g/mol. The summed E-state index contributed by atoms with van der Waals surface area (Å²) in [7, 11) is 0. The number of anilines is 1. The highest BCUT2D eigenvalue weighted by Crippen LogP contribution is 2.34. The van der Waals surface area contributed by atoms with Crippen molar-refractivity contribution in [2.45, 2.75) is 19.4 Å². The zero-order chi connectivity index (χ0) is 17.1. The van der Waals surface area contributed by atoms with Crippen LogP contribution in [0.4, 0.5) is 5.69 Å². The van der Waals surface area contributed by atoms with Gasteiger partial charge >= 0.3 is 0 Å². The molecule has 1 aliphatic rings. The molecule has 0 fully saturated rings. The molecule has 126 valence electrons. The first kappa shape index (κ1) is 17.0. The lowest BCUT2D eigenvalue weighted by molar-refractivity contribution is -0.125. The van der Waals surface area contributed by atoms with Gasteiger partial charge in [0.15, 0.2) is 6.61 Å². The molecule has 1 aliphatic heterocycles. The third-order valence-corrected chi connectivity index (χ3v) is 4.92. The van der Waals surface area contributed by atoms with Crippen LogP contribution in [0.1, 0.15) is 12.5 Å². The summed E-state index contributed by atoms with van der Waals surface area (Å²) in [5.74, 6) is 0.204. The van der Waals surface area contributed by atoms with Crippen molar-refractivity contribution in [3.63, 3.8) is 0 Å². The molecule has 5 nitrogen and oxygen atoms in total. The third kappa shape index (κ3) is 3.96. The van der Waals surface area contributed by atoms with Gasteiger partial charge in [0, 0.05) is 10.5 Å². The van der Waals surface area contributed by atoms with Crippen LogP contribution in [0.15, 0.2) is 39.5 Å². The average Bonchev–Trinajstić information content (AvgIpc) is 3.02. The smallest absolute Gasteiger partial charge is 0.265 e. The number of ether oxygens (including phenoxy) is 1. The second kappa shape index (κ2) is 7.36. The van der Waals surface area contributed by atoms with Crippen molar-refractivity contribution >= 4 is 44.8 Å². The number of nitrogens with one attached hydrogen (secondary N) is 1. The number of hydrogen-bond donors (Lipinski definition) is 1. The van der Waals surface area contributed by atoms with Crippen molar-refractivity contribution in [2.75, 3.05) is 18.1 Å². The Kier molecular flexibility index (Phi) is 5.20. The van der Waals surface area contributed by atoms with Gasteiger partial charge in [-0.15, -0.1) is 0 Å². The first-order chi connectivity index (χ1) is 11.5. The van der Waals surface area contributed by atoms with Gasteiger partial charge in [-0.2, -0.15) is 11.3 Å². The van der Waals surface area contributed by atoms with Crippen LogP contribution >= 0.6 is 27.3 Å². The van der Waals surface area contributed by atoms with Gasteiger partial charge in [-0.05, 0) is 53.9 Å². The number of carbonyl (C=O) groups excluding carboxylic acids is 2. The Labute approximate surface area is 152 Å². The van der Waals surface area contributed by atoms with E-state index in [1.54, 1.807) is 23.5 Å². The minimum Gasteiger partial charge on any atom is -0.482 e. The van der Waals surface area contributed by atoms with E-state index >= 15 is 0 Å². The summed E-state index contributed by atoms with van der Waals surface area (Å²) in [6.07, 6.45) is 0.774. The maximum atomic E-state index is 12.3. The van der Waals surface area contributed by atoms with Crippen LogP contribution in [0.2, 0.25) is 0 Å². The maximum absolute atomic E-state index is 12.3. The zero-order valence-electron chi connectivity index (χ0n) is 13.1. The van der Waals surface area contributed by atoms with E-state index in [9.17, 15) is 9.59 Å². The van der Waals surface area contributed by atoms with Crippen LogP contribution < -0.4 is 15.0 Å². The largest absolute Gasteiger partial charge is 0.482 e. The van der Waals surface area contributed by atoms with Crippen LogP contribution in [0.5, 0.6) is 5.75 Å². The standard InChI is InChI=1S/C17H17BrN2O3S/c1-11(6-12-4-5-24-10-12)19-16(21)8-20-14-3-2-13(18)7-15(14)23-9-17(20)22/h2-5,7,10-11H,6,8-9H2,1H3,(H,19,21). The number of halogens is 1. The summed E-state index contributed by atoms with van der Waals surface area (Å²) >= 11 is 5.01. The molecule has 1 aromatic heterocycles. The summed E-state index contributed by atoms with van der Waals surface area (Å²) in [6.45, 7) is 1.90. The van der Waals surface area contributed by atoms with Crippen molar-refractivity contribution in [3.05, 3.63) is 45.1 Å². The van der Waals surface area contributed by atoms with E-state index in [4.69, 9.17) is 4.74 Å². The third-order valence-electron chi connectivity index (χ3n) is 3.70. The molecule has 0 radical (unpaired) electrons. The fourth-order valence-corrected chi connectivity index (χ4v) is 3.65. The molecule has 1 aromatic carbocycles. The Morgan fingerprint density at radius 3 is 3.04 bits per heavy atom. The van der Waals surface area contributed by atoms with Gasteiger partial charge in [0.25, 0.3) is 5.91 Å². The number of nitrogens with zero attached hydrogens (tertiary/aromatic N) is 1. The Bertz CT molecular complexity index is 748. The van der Waals surface area contributed by atoms with Crippen LogP contribution in [0.3, 0.4) is 0 Å². The lowest BCUT2D eigenvalue weighted by Gasteiger charge is -2.29. The number of fused-ring (bicyclic) bond motifs is 1. The van der Waals surface area contributed by atoms with E-state index in [-0.39, 0.29) is 31.0 Å². The summed E-state index contributed by atoms with van der Waals surface area (Å²) < 4.78 is 6.29. The summed E-state index contributed by atoms with van der Waals surface area (Å²) in [4.78, 5) is 25.9. The van der Waals surface area contributed by atoms with Crippen LogP contribution in [0, 0.1) is 0 Å². The molecule has 0 spiro atoms. The first-order valence-corrected chi connectivity index (χ1v) is 9.29. The first-order valence-electron chi connectivity index (χ1n) is 7.56. The molecule has 2 aromatic rings. The lowest BCUT2D eigenvalue weighted by Crippen LogP contribution is -2.47. The van der Waals surface area contributed by atoms with Gasteiger partial charge in [0.1, 0.15) is 12.3 Å². The Hall–Kier alpha value is -1.86. The fourth-order valence-electron chi connectivity index (χ4n) is 2.63. The van der Waals surface area contributed by atoms with Gasteiger partial charge in [-0.3, -0.25) is 14.5 Å². The second-order valence-corrected chi connectivity index (χ2v) is 7.38. The van der Waals surface area contributed by atoms with Crippen molar-refractivity contribution in [1.82, 2.24) is 5.32 Å². The molecule has 24 heavy (non-hydrogen) atoms. The van der Waals surface area contributed by atoms with Gasteiger partial charge in [0.05, 0.1) is 5.69 Å². The van der Waals surface area contributed by atoms with E-state index in [2.05, 4.69) is 26.6 Å². The molecule has 1 unspecified atom stereocenters. The van der Waals surface area contributed by atoms with Crippen LogP contribution in [-0.2, 0) is 16.0 Å². The fraction of sp³-hybridized carbons (Fsp3) is 0.294. The molecule has 0 saturated heterocycles. The number of amides is 2. The minimum atomic E-state index is -0.217. The Balaban J connectivity index is 1.64. The predicted octanol–water partition coefficient (Wildman–Crippen LogP) is 2.98. The van der Waals surface area contributed by atoms with Crippen molar-refractivity contribution < 1.29 is 14.3 Å². The summed E-state index contributed by atoms with van der Waals surface area (Å²) in [5.41, 5.74) is 1.82. The van der Waals surface area contributed by atoms with Crippen molar-refractivity contribution in [1.29, 1.82) is 0 Å². The lowest BCUT2D eigenvalue weighted by atomic mass is 10.1. The highest BCUT2D eigenvalue weighted by atomic mass is 79.9. The molecule has 2 amide bonds. The van der Waals surface area contributed by atoms with Crippen molar-refractivity contribution in [3.8, 4) is 5.75 Å². The number of rotatable bonds is 5. The van der Waals surface area contributed by atoms with Gasteiger partial charge in [-0.1, -0.05) is 15.9 Å². The van der Waals surface area contributed by atoms with Gasteiger partial charge < -0.3 is 10.1 Å². The monoisotopic (exact) mass is 408 g/mol. The van der Waals surface area contributed by atoms with E-state index in [1.807, 2.05) is 24.4 Å². The molecule has 1 atom stereocenters. The highest BCUT2D eigenvalue weighted by Gasteiger charge is 2.27. The molecule has 2 heterocycles. The molecule has 0 aliphatic carbocycles. The number of carbonyl (C=O) groups is 2. The molecule has 1 N–H and O–H groups in total. The van der Waals surface area contributed by atoms with Gasteiger partial charge in [-0.25, -0.2) is 0 Å². The SMILES string of the molecule is CC(Cc1ccsc1)NC(=O)CN1C(=O)COc2cc(Br)ccc21. The molecule has 0 bridgehead atoms. The Morgan fingerprint density at radius 2 is 2.29 bits per heavy atom. The maximum Gasteiger partial charge on any atom is 0.265 e. The number of hydrogen-bond acceptors (Lipinski definition) is 4. The zero-order valence-corrected chi connectivity index (χ0v) is 15.5. The molecule has 3 rings (SSSR count). The van der Waals surface area contributed by atoms with E-state index in [1.165, 1.54) is 10.5 Å².